The number of rotatable bonds is 5. The number of sulfonamides is 1. The van der Waals surface area contributed by atoms with Gasteiger partial charge in [-0.05, 0) is 37.6 Å². The summed E-state index contributed by atoms with van der Waals surface area (Å²) in [5.41, 5.74) is 1.29. The van der Waals surface area contributed by atoms with Gasteiger partial charge >= 0.3 is 0 Å². The Hall–Kier alpha value is -3.31. The molecule has 2 aliphatic rings. The van der Waals surface area contributed by atoms with E-state index in [9.17, 15) is 18.0 Å². The second-order valence-electron chi connectivity index (χ2n) is 7.53. The van der Waals surface area contributed by atoms with Gasteiger partial charge < -0.3 is 24.8 Å². The highest BCUT2D eigenvalue weighted by Gasteiger charge is 2.30. The summed E-state index contributed by atoms with van der Waals surface area (Å²) in [6, 6.07) is 7.86. The molecule has 0 aromatic heterocycles. The Morgan fingerprint density at radius 2 is 1.88 bits per heavy atom. The number of anilines is 2. The second kappa shape index (κ2) is 8.32. The van der Waals surface area contributed by atoms with Crippen molar-refractivity contribution in [2.75, 3.05) is 37.4 Å². The minimum Gasteiger partial charge on any atom is -0.486 e. The van der Waals surface area contributed by atoms with Gasteiger partial charge in [0.25, 0.3) is 5.91 Å². The van der Waals surface area contributed by atoms with E-state index in [-0.39, 0.29) is 16.6 Å². The number of hydrogen-bond donors (Lipinski definition) is 2. The molecule has 2 aliphatic heterocycles. The smallest absolute Gasteiger partial charge is 0.265 e. The first kappa shape index (κ1) is 21.9. The topological polar surface area (TPSA) is 123 Å². The first-order chi connectivity index (χ1) is 15.1. The third-order valence-corrected chi connectivity index (χ3v) is 7.03. The number of hydrogen-bond acceptors (Lipinski definition) is 7. The monoisotopic (exact) mass is 461 g/mol. The van der Waals surface area contributed by atoms with Gasteiger partial charge in [0.2, 0.25) is 15.9 Å². The highest BCUT2D eigenvalue weighted by molar-refractivity contribution is 7.89. The maximum absolute atomic E-state index is 13.1. The Morgan fingerprint density at radius 3 is 2.62 bits per heavy atom. The predicted octanol–water partition coefficient (Wildman–Crippen LogP) is 1.74. The van der Waals surface area contributed by atoms with E-state index < -0.39 is 28.6 Å². The first-order valence-electron chi connectivity index (χ1n) is 9.93. The van der Waals surface area contributed by atoms with Crippen LogP contribution in [0.25, 0.3) is 0 Å². The van der Waals surface area contributed by atoms with Crippen LogP contribution in [0.1, 0.15) is 12.5 Å². The third kappa shape index (κ3) is 4.21. The Morgan fingerprint density at radius 1 is 1.16 bits per heavy atom. The number of carbonyl (C=O) groups is 2. The molecule has 4 rings (SSSR count). The summed E-state index contributed by atoms with van der Waals surface area (Å²) in [5, 5.41) is 5.35. The molecule has 2 aromatic carbocycles. The van der Waals surface area contributed by atoms with Crippen LogP contribution in [0.3, 0.4) is 0 Å². The summed E-state index contributed by atoms with van der Waals surface area (Å²) in [5.74, 6) is 0.543. The lowest BCUT2D eigenvalue weighted by Crippen LogP contribution is -2.36. The molecule has 10 nitrogen and oxygen atoms in total. The summed E-state index contributed by atoms with van der Waals surface area (Å²) in [7, 11) is -2.68. The molecule has 0 radical (unpaired) electrons. The molecule has 1 unspecified atom stereocenters. The van der Waals surface area contributed by atoms with Gasteiger partial charge in [-0.1, -0.05) is 0 Å². The average molecular weight is 461 g/mol. The minimum atomic E-state index is -4.00. The number of fused-ring (bicyclic) bond motifs is 2. The van der Waals surface area contributed by atoms with Crippen molar-refractivity contribution in [2.45, 2.75) is 24.8 Å². The predicted molar refractivity (Wildman–Crippen MR) is 116 cm³/mol. The zero-order valence-electron chi connectivity index (χ0n) is 17.8. The molecule has 0 spiro atoms. The molecule has 2 amide bonds. The maximum atomic E-state index is 13.1. The van der Waals surface area contributed by atoms with E-state index in [1.54, 1.807) is 32.0 Å². The van der Waals surface area contributed by atoms with Crippen LogP contribution in [-0.2, 0) is 19.6 Å². The van der Waals surface area contributed by atoms with E-state index in [4.69, 9.17) is 14.2 Å². The molecule has 2 N–H and O–H groups in total. The first-order valence-corrected chi connectivity index (χ1v) is 11.4. The lowest BCUT2D eigenvalue weighted by Gasteiger charge is -2.25. The lowest BCUT2D eigenvalue weighted by molar-refractivity contribution is -0.122. The maximum Gasteiger partial charge on any atom is 0.265 e. The van der Waals surface area contributed by atoms with Crippen molar-refractivity contribution in [1.29, 1.82) is 0 Å². The molecular weight excluding hydrogens is 438 g/mol. The Balaban J connectivity index is 1.49. The number of likely N-dealkylation sites (N-methyl/N-ethyl adjacent to an activating group) is 1. The van der Waals surface area contributed by atoms with Gasteiger partial charge in [0.15, 0.2) is 17.6 Å². The van der Waals surface area contributed by atoms with Crippen molar-refractivity contribution < 1.29 is 32.2 Å². The van der Waals surface area contributed by atoms with Crippen LogP contribution < -0.4 is 24.8 Å². The fraction of sp³-hybridized carbons (Fsp3) is 0.333. The zero-order valence-corrected chi connectivity index (χ0v) is 18.6. The van der Waals surface area contributed by atoms with Crippen LogP contribution in [0.15, 0.2) is 35.2 Å². The summed E-state index contributed by atoms with van der Waals surface area (Å²) >= 11 is 0. The van der Waals surface area contributed by atoms with E-state index in [1.165, 1.54) is 19.2 Å². The van der Waals surface area contributed by atoms with Gasteiger partial charge in [-0.25, -0.2) is 8.42 Å². The normalized spacial score (nSPS) is 17.2. The largest absolute Gasteiger partial charge is 0.486 e. The molecule has 1 atom stereocenters. The molecule has 0 fully saturated rings. The SMILES string of the molecule is Cc1cc2c(cc1S(=O)(=O)N(C)CC(=O)Nc1ccc3c(c1)OCCO3)OC(C)C(=O)N2. The number of nitrogens with zero attached hydrogens (tertiary/aromatic N) is 1. The van der Waals surface area contributed by atoms with Crippen LogP contribution in [0.4, 0.5) is 11.4 Å². The van der Waals surface area contributed by atoms with Crippen molar-refractivity contribution in [2.24, 2.45) is 0 Å². The fourth-order valence-corrected chi connectivity index (χ4v) is 4.74. The standard InChI is InChI=1S/C21H23N3O7S/c1-12-8-15-17(31-13(2)21(26)23-15)10-19(12)32(27,28)24(3)11-20(25)22-14-4-5-16-18(9-14)30-7-6-29-16/h4-5,8-10,13H,6-7,11H2,1-3H3,(H,22,25)(H,23,26). The number of amides is 2. The molecule has 0 aliphatic carbocycles. The quantitative estimate of drug-likeness (QED) is 0.695. The van der Waals surface area contributed by atoms with Gasteiger partial charge in [0.1, 0.15) is 19.0 Å². The minimum absolute atomic E-state index is 0.00534. The van der Waals surface area contributed by atoms with Crippen molar-refractivity contribution in [3.8, 4) is 17.2 Å². The number of carbonyl (C=O) groups excluding carboxylic acids is 2. The Labute approximate surface area is 185 Å². The van der Waals surface area contributed by atoms with E-state index in [0.29, 0.717) is 41.7 Å². The second-order valence-corrected chi connectivity index (χ2v) is 9.54. The molecule has 0 saturated heterocycles. The lowest BCUT2D eigenvalue weighted by atomic mass is 10.1. The molecule has 0 saturated carbocycles. The van der Waals surface area contributed by atoms with E-state index in [0.717, 1.165) is 4.31 Å². The Bertz CT molecular complexity index is 1200. The summed E-state index contributed by atoms with van der Waals surface area (Å²) in [6.45, 7) is 3.65. The van der Waals surface area contributed by atoms with Gasteiger partial charge in [-0.2, -0.15) is 4.31 Å². The van der Waals surface area contributed by atoms with Crippen molar-refractivity contribution in [3.05, 3.63) is 35.9 Å². The van der Waals surface area contributed by atoms with Gasteiger partial charge in [-0.15, -0.1) is 0 Å². The fourth-order valence-electron chi connectivity index (χ4n) is 3.40. The van der Waals surface area contributed by atoms with Crippen LogP contribution in [0.5, 0.6) is 17.2 Å². The van der Waals surface area contributed by atoms with E-state index >= 15 is 0 Å². The van der Waals surface area contributed by atoms with Crippen molar-refractivity contribution >= 4 is 33.2 Å². The molecule has 2 heterocycles. The zero-order chi connectivity index (χ0) is 23.0. The van der Waals surface area contributed by atoms with E-state index in [2.05, 4.69) is 10.6 Å². The summed E-state index contributed by atoms with van der Waals surface area (Å²) in [4.78, 5) is 24.3. The molecule has 0 bridgehead atoms. The summed E-state index contributed by atoms with van der Waals surface area (Å²) in [6.07, 6.45) is -0.740. The highest BCUT2D eigenvalue weighted by atomic mass is 32.2. The molecule has 170 valence electrons. The number of aryl methyl sites for hydroxylation is 1. The number of benzene rings is 2. The molecule has 32 heavy (non-hydrogen) atoms. The van der Waals surface area contributed by atoms with Crippen LogP contribution in [-0.4, -0.2) is 57.4 Å². The van der Waals surface area contributed by atoms with Gasteiger partial charge in [-0.3, -0.25) is 9.59 Å². The van der Waals surface area contributed by atoms with Crippen LogP contribution in [0, 0.1) is 6.92 Å². The third-order valence-electron chi connectivity index (χ3n) is 5.09. The average Bonchev–Trinajstić information content (AvgIpc) is 2.74. The molecule has 2 aromatic rings. The molecular formula is C21H23N3O7S. The highest BCUT2D eigenvalue weighted by Crippen LogP contribution is 2.35. The van der Waals surface area contributed by atoms with Crippen LogP contribution in [0.2, 0.25) is 0 Å². The number of nitrogens with one attached hydrogen (secondary N) is 2. The van der Waals surface area contributed by atoms with Crippen molar-refractivity contribution in [3.63, 3.8) is 0 Å². The van der Waals surface area contributed by atoms with Gasteiger partial charge in [0, 0.05) is 24.9 Å². The van der Waals surface area contributed by atoms with Crippen molar-refractivity contribution in [1.82, 2.24) is 4.31 Å². The van der Waals surface area contributed by atoms with E-state index in [1.807, 2.05) is 0 Å². The Kier molecular flexibility index (Phi) is 5.70. The summed E-state index contributed by atoms with van der Waals surface area (Å²) < 4.78 is 43.7. The molecule has 11 heteroatoms. The number of ether oxygens (including phenoxy) is 3. The van der Waals surface area contributed by atoms with Crippen LogP contribution >= 0.6 is 0 Å². The van der Waals surface area contributed by atoms with Gasteiger partial charge in [0.05, 0.1) is 17.1 Å².